The highest BCUT2D eigenvalue weighted by molar-refractivity contribution is 5.94. The average Bonchev–Trinajstić information content (AvgIpc) is 2.60. The summed E-state index contributed by atoms with van der Waals surface area (Å²) in [5.74, 6) is -0.982. The van der Waals surface area contributed by atoms with Crippen LogP contribution in [0.3, 0.4) is 0 Å². The topological polar surface area (TPSA) is 38.3 Å². The number of anilines is 1. The van der Waals surface area contributed by atoms with E-state index in [1.54, 1.807) is 13.8 Å². The summed E-state index contributed by atoms with van der Waals surface area (Å²) in [6.45, 7) is 10.6. The first-order valence-electron chi connectivity index (χ1n) is 9.49. The zero-order chi connectivity index (χ0) is 20.9. The van der Waals surface area contributed by atoms with Crippen molar-refractivity contribution in [1.29, 1.82) is 0 Å². The molecule has 0 radical (unpaired) electrons. The van der Waals surface area contributed by atoms with Crippen LogP contribution in [0.1, 0.15) is 53.0 Å². The van der Waals surface area contributed by atoms with Crippen molar-refractivity contribution in [3.05, 3.63) is 59.7 Å². The van der Waals surface area contributed by atoms with Gasteiger partial charge in [0, 0.05) is 11.5 Å². The van der Waals surface area contributed by atoms with Crippen molar-refractivity contribution >= 4 is 11.6 Å². The number of halogens is 2. The van der Waals surface area contributed by atoms with Gasteiger partial charge in [0.15, 0.2) is 0 Å². The van der Waals surface area contributed by atoms with Crippen LogP contribution in [0.25, 0.3) is 0 Å². The first-order valence-corrected chi connectivity index (χ1v) is 9.49. The van der Waals surface area contributed by atoms with Crippen molar-refractivity contribution in [3.63, 3.8) is 0 Å². The summed E-state index contributed by atoms with van der Waals surface area (Å²) >= 11 is 0. The van der Waals surface area contributed by atoms with Gasteiger partial charge >= 0.3 is 0 Å². The quantitative estimate of drug-likeness (QED) is 0.582. The number of nitrogens with one attached hydrogen (secondary N) is 1. The van der Waals surface area contributed by atoms with E-state index in [-0.39, 0.29) is 17.0 Å². The highest BCUT2D eigenvalue weighted by Crippen LogP contribution is 2.27. The van der Waals surface area contributed by atoms with Gasteiger partial charge in [-0.3, -0.25) is 4.79 Å². The van der Waals surface area contributed by atoms with Crippen LogP contribution in [-0.4, -0.2) is 12.5 Å². The van der Waals surface area contributed by atoms with Crippen molar-refractivity contribution in [3.8, 4) is 5.75 Å². The Morgan fingerprint density at radius 3 is 2.21 bits per heavy atom. The minimum absolute atomic E-state index is 0.0188. The third-order valence-corrected chi connectivity index (χ3v) is 4.73. The number of hydrogen-bond acceptors (Lipinski definition) is 2. The fourth-order valence-corrected chi connectivity index (χ4v) is 2.75. The van der Waals surface area contributed by atoms with Crippen molar-refractivity contribution in [2.45, 2.75) is 52.9 Å². The van der Waals surface area contributed by atoms with Gasteiger partial charge in [-0.15, -0.1) is 0 Å². The maximum atomic E-state index is 13.7. The molecule has 3 nitrogen and oxygen atoms in total. The lowest BCUT2D eigenvalue weighted by molar-refractivity contribution is -0.124. The number of hydrogen-bond donors (Lipinski definition) is 1. The van der Waals surface area contributed by atoms with Crippen LogP contribution in [0, 0.1) is 17.0 Å². The third-order valence-electron chi connectivity index (χ3n) is 4.73. The molecule has 0 aliphatic heterocycles. The summed E-state index contributed by atoms with van der Waals surface area (Å²) in [4.78, 5) is 12.5. The first-order chi connectivity index (χ1) is 13.0. The lowest BCUT2D eigenvalue weighted by atomic mass is 9.86. The molecule has 0 aromatic heterocycles. The van der Waals surface area contributed by atoms with E-state index >= 15 is 0 Å². The zero-order valence-electron chi connectivity index (χ0n) is 17.2. The number of ether oxygens (including phenoxy) is 1. The molecule has 5 heteroatoms. The van der Waals surface area contributed by atoms with Crippen molar-refractivity contribution in [1.82, 2.24) is 0 Å². The van der Waals surface area contributed by atoms with E-state index in [2.05, 4.69) is 38.2 Å². The van der Waals surface area contributed by atoms with Gasteiger partial charge in [-0.05, 0) is 48.1 Å². The van der Waals surface area contributed by atoms with Crippen LogP contribution in [-0.2, 0) is 10.2 Å². The molecule has 0 fully saturated rings. The summed E-state index contributed by atoms with van der Waals surface area (Å²) in [6, 6.07) is 11.1. The fraction of sp³-hybridized carbons (Fsp3) is 0.435. The van der Waals surface area contributed by atoms with E-state index in [9.17, 15) is 13.6 Å². The fourth-order valence-electron chi connectivity index (χ4n) is 2.75. The van der Waals surface area contributed by atoms with Crippen molar-refractivity contribution < 1.29 is 18.3 Å². The van der Waals surface area contributed by atoms with E-state index < -0.39 is 17.0 Å². The van der Waals surface area contributed by atoms with Gasteiger partial charge < -0.3 is 10.1 Å². The Bertz CT molecular complexity index is 808. The van der Waals surface area contributed by atoms with E-state index in [0.717, 1.165) is 17.9 Å². The van der Waals surface area contributed by atoms with Crippen LogP contribution < -0.4 is 10.1 Å². The largest absolute Gasteiger partial charge is 0.494 e. The Morgan fingerprint density at radius 2 is 1.64 bits per heavy atom. The SMILES string of the molecule is CC(C)(CCCOc1ccc(C(C)(C)C)cc1)C(=O)Nc1ccc(F)cc1F. The molecule has 0 saturated heterocycles. The van der Waals surface area contributed by atoms with Crippen LogP contribution in [0.4, 0.5) is 14.5 Å². The van der Waals surface area contributed by atoms with Crippen LogP contribution in [0.5, 0.6) is 5.75 Å². The number of benzene rings is 2. The first kappa shape index (κ1) is 21.9. The van der Waals surface area contributed by atoms with Gasteiger partial charge in [-0.2, -0.15) is 0 Å². The van der Waals surface area contributed by atoms with Gasteiger partial charge in [0.05, 0.1) is 12.3 Å². The average molecular weight is 389 g/mol. The molecular formula is C23H29F2NO2. The predicted octanol–water partition coefficient (Wildman–Crippen LogP) is 6.09. The lowest BCUT2D eigenvalue weighted by Gasteiger charge is -2.24. The molecule has 0 saturated carbocycles. The molecule has 0 aliphatic carbocycles. The molecule has 0 aliphatic rings. The smallest absolute Gasteiger partial charge is 0.230 e. The van der Waals surface area contributed by atoms with Crippen LogP contribution in [0.2, 0.25) is 0 Å². The van der Waals surface area contributed by atoms with Crippen molar-refractivity contribution in [2.24, 2.45) is 5.41 Å². The number of amides is 1. The zero-order valence-corrected chi connectivity index (χ0v) is 17.2. The molecule has 2 aromatic rings. The number of carbonyl (C=O) groups excluding carboxylic acids is 1. The molecule has 2 rings (SSSR count). The summed E-state index contributed by atoms with van der Waals surface area (Å²) in [5.41, 5.74) is 0.612. The lowest BCUT2D eigenvalue weighted by Crippen LogP contribution is -2.31. The highest BCUT2D eigenvalue weighted by Gasteiger charge is 2.28. The van der Waals surface area contributed by atoms with Gasteiger partial charge in [0.2, 0.25) is 5.91 Å². The summed E-state index contributed by atoms with van der Waals surface area (Å²) in [7, 11) is 0. The summed E-state index contributed by atoms with van der Waals surface area (Å²) in [6.07, 6.45) is 1.25. The molecule has 0 spiro atoms. The minimum Gasteiger partial charge on any atom is -0.494 e. The van der Waals surface area contributed by atoms with Gasteiger partial charge in [-0.25, -0.2) is 8.78 Å². The van der Waals surface area contributed by atoms with E-state index in [1.807, 2.05) is 12.1 Å². The number of carbonyl (C=O) groups is 1. The van der Waals surface area contributed by atoms with Gasteiger partial charge in [-0.1, -0.05) is 46.8 Å². The second-order valence-electron chi connectivity index (χ2n) is 8.69. The van der Waals surface area contributed by atoms with Crippen LogP contribution in [0.15, 0.2) is 42.5 Å². The maximum Gasteiger partial charge on any atom is 0.230 e. The molecule has 1 N–H and O–H groups in total. The Balaban J connectivity index is 1.83. The summed E-state index contributed by atoms with van der Waals surface area (Å²) < 4.78 is 32.5. The normalized spacial score (nSPS) is 12.0. The molecule has 0 unspecified atom stereocenters. The second kappa shape index (κ2) is 8.72. The number of rotatable bonds is 7. The maximum absolute atomic E-state index is 13.7. The molecule has 0 bridgehead atoms. The van der Waals surface area contributed by atoms with Crippen LogP contribution >= 0.6 is 0 Å². The Kier molecular flexibility index (Phi) is 6.81. The Morgan fingerprint density at radius 1 is 1.00 bits per heavy atom. The molecule has 28 heavy (non-hydrogen) atoms. The van der Waals surface area contributed by atoms with E-state index in [0.29, 0.717) is 19.4 Å². The monoisotopic (exact) mass is 389 g/mol. The second-order valence-corrected chi connectivity index (χ2v) is 8.69. The molecular weight excluding hydrogens is 360 g/mol. The third kappa shape index (κ3) is 6.04. The van der Waals surface area contributed by atoms with E-state index in [4.69, 9.17) is 4.74 Å². The Hall–Kier alpha value is -2.43. The molecule has 1 amide bonds. The molecule has 152 valence electrons. The van der Waals surface area contributed by atoms with E-state index in [1.165, 1.54) is 11.6 Å². The van der Waals surface area contributed by atoms with Gasteiger partial charge in [0.25, 0.3) is 0 Å². The minimum atomic E-state index is -0.786. The molecule has 0 heterocycles. The molecule has 2 aromatic carbocycles. The molecule has 0 atom stereocenters. The Labute approximate surface area is 166 Å². The van der Waals surface area contributed by atoms with Crippen molar-refractivity contribution in [2.75, 3.05) is 11.9 Å². The standard InChI is InChI=1S/C23H29F2NO2/c1-22(2,3)16-7-10-18(11-8-16)28-14-6-13-23(4,5)21(27)26-20-12-9-17(24)15-19(20)25/h7-12,15H,6,13-14H2,1-5H3,(H,26,27). The summed E-state index contributed by atoms with van der Waals surface area (Å²) in [5, 5.41) is 2.54. The highest BCUT2D eigenvalue weighted by atomic mass is 19.1. The predicted molar refractivity (Wildman–Crippen MR) is 109 cm³/mol. The van der Waals surface area contributed by atoms with Gasteiger partial charge in [0.1, 0.15) is 17.4 Å².